The number of carbonyl (C=O) groups excluding carboxylic acids is 1. The molecule has 0 aliphatic rings. The van der Waals surface area contributed by atoms with Gasteiger partial charge < -0.3 is 4.74 Å². The summed E-state index contributed by atoms with van der Waals surface area (Å²) in [7, 11) is 1.62. The predicted octanol–water partition coefficient (Wildman–Crippen LogP) is 5.70. The Morgan fingerprint density at radius 3 is 2.45 bits per heavy atom. The normalized spacial score (nSPS) is 10.6. The molecule has 0 amide bonds. The van der Waals surface area contributed by atoms with Crippen molar-refractivity contribution in [1.82, 2.24) is 0 Å². The second-order valence-electron chi connectivity index (χ2n) is 5.24. The van der Waals surface area contributed by atoms with Gasteiger partial charge in [0.2, 0.25) is 0 Å². The molecule has 0 atom stereocenters. The molecule has 1 aromatic carbocycles. The molecule has 0 radical (unpaired) electrons. The molecule has 0 N–H and O–H groups in total. The van der Waals surface area contributed by atoms with Crippen LogP contribution in [0.25, 0.3) is 0 Å². The van der Waals surface area contributed by atoms with Crippen LogP contribution in [0.4, 0.5) is 0 Å². The van der Waals surface area contributed by atoms with Crippen molar-refractivity contribution < 1.29 is 9.53 Å². The van der Waals surface area contributed by atoms with Crippen molar-refractivity contribution in [3.8, 4) is 5.75 Å². The molecular weight excluding hydrogens is 316 g/mol. The quantitative estimate of drug-likeness (QED) is 0.425. The Kier molecular flexibility index (Phi) is 7.90. The molecule has 2 nitrogen and oxygen atoms in total. The average Bonchev–Trinajstić information content (AvgIpc) is 2.44. The number of methoxy groups -OCH3 is 1. The topological polar surface area (TPSA) is 26.3 Å². The Labute approximate surface area is 131 Å². The highest BCUT2D eigenvalue weighted by atomic mass is 79.9. The lowest BCUT2D eigenvalue weighted by Crippen LogP contribution is -2.03. The van der Waals surface area contributed by atoms with Gasteiger partial charge in [0.25, 0.3) is 0 Å². The number of benzene rings is 1. The number of aryl methyl sites for hydroxylation is 1. The molecule has 0 saturated heterocycles. The smallest absolute Gasteiger partial charge is 0.166 e. The van der Waals surface area contributed by atoms with E-state index in [-0.39, 0.29) is 5.78 Å². The number of ether oxygens (including phenoxy) is 1. The number of carbonyl (C=O) groups is 1. The fraction of sp³-hybridized carbons (Fsp3) is 0.588. The maximum atomic E-state index is 12.3. The summed E-state index contributed by atoms with van der Waals surface area (Å²) in [5.41, 5.74) is 1.77. The van der Waals surface area contributed by atoms with Crippen LogP contribution < -0.4 is 4.74 Å². The Balaban J connectivity index is 2.53. The largest absolute Gasteiger partial charge is 0.496 e. The van der Waals surface area contributed by atoms with E-state index in [0.717, 1.165) is 22.9 Å². The van der Waals surface area contributed by atoms with E-state index in [1.165, 1.54) is 25.7 Å². The maximum absolute atomic E-state index is 12.3. The molecular formula is C17H25BrO2. The molecule has 0 fully saturated rings. The summed E-state index contributed by atoms with van der Waals surface area (Å²) in [5.74, 6) is 0.861. The van der Waals surface area contributed by atoms with E-state index in [4.69, 9.17) is 4.74 Å². The molecule has 1 rings (SSSR count). The summed E-state index contributed by atoms with van der Waals surface area (Å²) in [6.07, 6.45) is 7.79. The van der Waals surface area contributed by atoms with Gasteiger partial charge in [-0.1, -0.05) is 55.0 Å². The van der Waals surface area contributed by atoms with E-state index >= 15 is 0 Å². The highest BCUT2D eigenvalue weighted by molar-refractivity contribution is 9.10. The molecule has 0 aliphatic carbocycles. The van der Waals surface area contributed by atoms with Gasteiger partial charge >= 0.3 is 0 Å². The molecule has 3 heteroatoms. The Bertz CT molecular complexity index is 441. The molecule has 0 bridgehead atoms. The van der Waals surface area contributed by atoms with Crippen LogP contribution in [0.15, 0.2) is 16.6 Å². The number of halogens is 1. The maximum Gasteiger partial charge on any atom is 0.166 e. The van der Waals surface area contributed by atoms with Crippen LogP contribution in [0.3, 0.4) is 0 Å². The Hall–Kier alpha value is -0.830. The molecule has 0 saturated carbocycles. The number of rotatable bonds is 9. The van der Waals surface area contributed by atoms with Crippen molar-refractivity contribution in [2.24, 2.45) is 0 Å². The van der Waals surface area contributed by atoms with E-state index in [9.17, 15) is 4.79 Å². The van der Waals surface area contributed by atoms with E-state index in [1.807, 2.05) is 19.1 Å². The first-order valence-electron chi connectivity index (χ1n) is 7.47. The van der Waals surface area contributed by atoms with E-state index in [0.29, 0.717) is 17.7 Å². The Morgan fingerprint density at radius 2 is 1.80 bits per heavy atom. The third-order valence-corrected chi connectivity index (χ3v) is 4.39. The van der Waals surface area contributed by atoms with Gasteiger partial charge in [-0.25, -0.2) is 0 Å². The number of hydrogen-bond acceptors (Lipinski definition) is 2. The van der Waals surface area contributed by atoms with Crippen LogP contribution in [-0.2, 0) is 0 Å². The summed E-state index contributed by atoms with van der Waals surface area (Å²) < 4.78 is 6.28. The van der Waals surface area contributed by atoms with Gasteiger partial charge in [0.1, 0.15) is 5.75 Å². The minimum absolute atomic E-state index is 0.179. The molecule has 0 aliphatic heterocycles. The fourth-order valence-corrected chi connectivity index (χ4v) is 2.59. The van der Waals surface area contributed by atoms with Crippen LogP contribution in [0.1, 0.15) is 67.8 Å². The average molecular weight is 341 g/mol. The highest BCUT2D eigenvalue weighted by Crippen LogP contribution is 2.28. The lowest BCUT2D eigenvalue weighted by Gasteiger charge is -2.10. The summed E-state index contributed by atoms with van der Waals surface area (Å²) >= 11 is 3.48. The van der Waals surface area contributed by atoms with Crippen LogP contribution >= 0.6 is 15.9 Å². The molecule has 112 valence electrons. The molecule has 1 aromatic rings. The molecule has 0 aromatic heterocycles. The zero-order valence-electron chi connectivity index (χ0n) is 12.8. The lowest BCUT2D eigenvalue weighted by atomic mass is 10.0. The van der Waals surface area contributed by atoms with Crippen molar-refractivity contribution in [2.75, 3.05) is 7.11 Å². The molecule has 0 heterocycles. The second kappa shape index (κ2) is 9.17. The molecule has 0 unspecified atom stereocenters. The summed E-state index contributed by atoms with van der Waals surface area (Å²) in [5, 5.41) is 0. The summed E-state index contributed by atoms with van der Waals surface area (Å²) in [6.45, 7) is 4.21. The first kappa shape index (κ1) is 17.2. The summed E-state index contributed by atoms with van der Waals surface area (Å²) in [6, 6.07) is 3.80. The van der Waals surface area contributed by atoms with E-state index in [1.54, 1.807) is 7.11 Å². The first-order valence-corrected chi connectivity index (χ1v) is 8.26. The van der Waals surface area contributed by atoms with Crippen molar-refractivity contribution in [2.45, 2.75) is 58.8 Å². The third kappa shape index (κ3) is 5.28. The number of unbranched alkanes of at least 4 members (excludes halogenated alkanes) is 5. The van der Waals surface area contributed by atoms with Crippen molar-refractivity contribution >= 4 is 21.7 Å². The number of hydrogen-bond donors (Lipinski definition) is 0. The van der Waals surface area contributed by atoms with Crippen LogP contribution in [0, 0.1) is 6.92 Å². The number of ketones is 1. The van der Waals surface area contributed by atoms with Crippen molar-refractivity contribution in [3.05, 3.63) is 27.7 Å². The zero-order chi connectivity index (χ0) is 15.0. The first-order chi connectivity index (χ1) is 9.60. The van der Waals surface area contributed by atoms with Gasteiger partial charge in [-0.3, -0.25) is 4.79 Å². The minimum Gasteiger partial charge on any atom is -0.496 e. The van der Waals surface area contributed by atoms with Crippen LogP contribution in [0.5, 0.6) is 5.75 Å². The van der Waals surface area contributed by atoms with Gasteiger partial charge in [0.15, 0.2) is 5.78 Å². The fourth-order valence-electron chi connectivity index (χ4n) is 2.24. The third-order valence-electron chi connectivity index (χ3n) is 3.54. The highest BCUT2D eigenvalue weighted by Gasteiger charge is 2.14. The standard InChI is InChI=1S/C17H25BrO2/c1-4-5-6-7-8-9-10-16(19)14-12-15(18)13(2)11-17(14)20-3/h11-12H,4-10H2,1-3H3. The predicted molar refractivity (Wildman–Crippen MR) is 87.8 cm³/mol. The van der Waals surface area contributed by atoms with Gasteiger partial charge in [0, 0.05) is 10.9 Å². The van der Waals surface area contributed by atoms with Crippen molar-refractivity contribution in [3.63, 3.8) is 0 Å². The van der Waals surface area contributed by atoms with Crippen molar-refractivity contribution in [1.29, 1.82) is 0 Å². The van der Waals surface area contributed by atoms with Crippen LogP contribution in [0.2, 0.25) is 0 Å². The van der Waals surface area contributed by atoms with E-state index in [2.05, 4.69) is 22.9 Å². The molecule has 20 heavy (non-hydrogen) atoms. The lowest BCUT2D eigenvalue weighted by molar-refractivity contribution is 0.0976. The Morgan fingerprint density at radius 1 is 1.15 bits per heavy atom. The van der Waals surface area contributed by atoms with Gasteiger partial charge in [-0.05, 0) is 31.0 Å². The van der Waals surface area contributed by atoms with Gasteiger partial charge in [-0.15, -0.1) is 0 Å². The van der Waals surface area contributed by atoms with Gasteiger partial charge in [0.05, 0.1) is 12.7 Å². The number of Topliss-reactive ketones (excluding diaryl/α,β-unsaturated/α-hetero) is 1. The SMILES string of the molecule is CCCCCCCCC(=O)c1cc(Br)c(C)cc1OC. The summed E-state index contributed by atoms with van der Waals surface area (Å²) in [4.78, 5) is 12.3. The monoisotopic (exact) mass is 340 g/mol. The van der Waals surface area contributed by atoms with Crippen LogP contribution in [-0.4, -0.2) is 12.9 Å². The van der Waals surface area contributed by atoms with Gasteiger partial charge in [-0.2, -0.15) is 0 Å². The minimum atomic E-state index is 0.179. The zero-order valence-corrected chi connectivity index (χ0v) is 14.4. The second-order valence-corrected chi connectivity index (χ2v) is 6.10. The van der Waals surface area contributed by atoms with E-state index < -0.39 is 0 Å². The molecule has 0 spiro atoms.